The van der Waals surface area contributed by atoms with Gasteiger partial charge in [0.1, 0.15) is 12.4 Å². The van der Waals surface area contributed by atoms with Crippen LogP contribution in [0.5, 0.6) is 5.75 Å². The van der Waals surface area contributed by atoms with E-state index < -0.39 is 0 Å². The summed E-state index contributed by atoms with van der Waals surface area (Å²) in [6.45, 7) is 3.58. The average Bonchev–Trinajstić information content (AvgIpc) is 3.60. The van der Waals surface area contributed by atoms with Crippen molar-refractivity contribution in [1.29, 1.82) is 0 Å². The van der Waals surface area contributed by atoms with Crippen LogP contribution in [0.2, 0.25) is 0 Å². The molecule has 170 valence electrons. The molecule has 0 bridgehead atoms. The van der Waals surface area contributed by atoms with Crippen molar-refractivity contribution in [3.05, 3.63) is 96.1 Å². The summed E-state index contributed by atoms with van der Waals surface area (Å²) in [6, 6.07) is 28.7. The molecule has 1 aliphatic heterocycles. The van der Waals surface area contributed by atoms with Gasteiger partial charge in [-0.1, -0.05) is 66.7 Å². The van der Waals surface area contributed by atoms with E-state index in [4.69, 9.17) is 4.74 Å². The highest BCUT2D eigenvalue weighted by molar-refractivity contribution is 5.97. The van der Waals surface area contributed by atoms with Crippen molar-refractivity contribution in [2.24, 2.45) is 5.92 Å². The number of hydrogen-bond donors (Lipinski definition) is 0. The molecule has 1 heterocycles. The summed E-state index contributed by atoms with van der Waals surface area (Å²) in [5, 5.41) is 0. The van der Waals surface area contributed by atoms with Crippen LogP contribution in [0.25, 0.3) is 0 Å². The van der Waals surface area contributed by atoms with Gasteiger partial charge in [0.25, 0.3) is 0 Å². The van der Waals surface area contributed by atoms with Crippen molar-refractivity contribution >= 4 is 11.6 Å². The summed E-state index contributed by atoms with van der Waals surface area (Å²) in [6.07, 6.45) is 4.46. The van der Waals surface area contributed by atoms with E-state index in [-0.39, 0.29) is 17.9 Å². The van der Waals surface area contributed by atoms with E-state index in [0.29, 0.717) is 6.61 Å². The Morgan fingerprint density at radius 3 is 2.30 bits per heavy atom. The highest BCUT2D eigenvalue weighted by Gasteiger charge is 2.38. The second-order valence-corrected chi connectivity index (χ2v) is 9.19. The fourth-order valence-corrected chi connectivity index (χ4v) is 4.67. The minimum absolute atomic E-state index is 0.0122. The highest BCUT2D eigenvalue weighted by Crippen LogP contribution is 2.38. The topological polar surface area (TPSA) is 32.8 Å². The zero-order valence-electron chi connectivity index (χ0n) is 19.1. The summed E-state index contributed by atoms with van der Waals surface area (Å²) < 4.78 is 6.11. The Kier molecular flexibility index (Phi) is 6.73. The first-order valence-corrected chi connectivity index (χ1v) is 12.1. The molecule has 5 rings (SSSR count). The predicted octanol–water partition coefficient (Wildman–Crippen LogP) is 5.85. The van der Waals surface area contributed by atoms with Crippen molar-refractivity contribution < 1.29 is 9.53 Å². The smallest absolute Gasteiger partial charge is 0.230 e. The Morgan fingerprint density at radius 1 is 0.909 bits per heavy atom. The van der Waals surface area contributed by atoms with Crippen LogP contribution in [0.1, 0.15) is 42.9 Å². The maximum absolute atomic E-state index is 13.7. The van der Waals surface area contributed by atoms with E-state index in [9.17, 15) is 4.79 Å². The monoisotopic (exact) mass is 440 g/mol. The van der Waals surface area contributed by atoms with Gasteiger partial charge in [0.05, 0.1) is 6.04 Å². The van der Waals surface area contributed by atoms with E-state index in [2.05, 4.69) is 52.3 Å². The second kappa shape index (κ2) is 10.2. The number of anilines is 1. The van der Waals surface area contributed by atoms with Gasteiger partial charge >= 0.3 is 0 Å². The lowest BCUT2D eigenvalue weighted by Gasteiger charge is -2.35. The molecule has 0 spiro atoms. The fourth-order valence-electron chi connectivity index (χ4n) is 4.67. The molecular weight excluding hydrogens is 408 g/mol. The van der Waals surface area contributed by atoms with Crippen LogP contribution in [0.4, 0.5) is 5.69 Å². The van der Waals surface area contributed by atoms with Crippen LogP contribution in [-0.2, 0) is 11.4 Å². The minimum atomic E-state index is -0.0122. The highest BCUT2D eigenvalue weighted by atomic mass is 16.5. The van der Waals surface area contributed by atoms with Crippen LogP contribution >= 0.6 is 0 Å². The maximum atomic E-state index is 13.7. The lowest BCUT2D eigenvalue weighted by molar-refractivity contribution is -0.120. The summed E-state index contributed by atoms with van der Waals surface area (Å²) in [5.41, 5.74) is 3.24. The summed E-state index contributed by atoms with van der Waals surface area (Å²) in [7, 11) is 0. The third-order valence-corrected chi connectivity index (χ3v) is 6.63. The van der Waals surface area contributed by atoms with E-state index in [0.717, 1.165) is 49.5 Å². The predicted molar refractivity (Wildman–Crippen MR) is 132 cm³/mol. The molecule has 4 nitrogen and oxygen atoms in total. The normalized spacial score (nSPS) is 17.0. The van der Waals surface area contributed by atoms with Gasteiger partial charge in [0.15, 0.2) is 0 Å². The first kappa shape index (κ1) is 21.7. The molecule has 1 saturated carbocycles. The first-order chi connectivity index (χ1) is 16.3. The fraction of sp³-hybridized carbons (Fsp3) is 0.345. The zero-order valence-corrected chi connectivity index (χ0v) is 19.1. The molecule has 0 unspecified atom stereocenters. The Balaban J connectivity index is 1.45. The molecule has 2 fully saturated rings. The number of rotatable bonds is 9. The number of benzene rings is 3. The molecule has 1 amide bonds. The SMILES string of the molecule is O=C(C1CC1)N(c1cccc(OCc2ccccc2)c1)[C@H](CN1CCCC1)c1ccccc1. The van der Waals surface area contributed by atoms with Gasteiger partial charge in [0.2, 0.25) is 5.91 Å². The molecule has 0 radical (unpaired) electrons. The molecule has 33 heavy (non-hydrogen) atoms. The van der Waals surface area contributed by atoms with E-state index in [1.165, 1.54) is 18.4 Å². The molecular formula is C29H32N2O2. The Bertz CT molecular complexity index is 1040. The Morgan fingerprint density at radius 2 is 1.61 bits per heavy atom. The molecule has 1 atom stereocenters. The van der Waals surface area contributed by atoms with E-state index in [1.807, 2.05) is 42.5 Å². The second-order valence-electron chi connectivity index (χ2n) is 9.19. The van der Waals surface area contributed by atoms with Crippen molar-refractivity contribution in [3.8, 4) is 5.75 Å². The number of amides is 1. The maximum Gasteiger partial charge on any atom is 0.230 e. The van der Waals surface area contributed by atoms with E-state index in [1.54, 1.807) is 0 Å². The van der Waals surface area contributed by atoms with Crippen LogP contribution < -0.4 is 9.64 Å². The van der Waals surface area contributed by atoms with E-state index >= 15 is 0 Å². The summed E-state index contributed by atoms with van der Waals surface area (Å²) in [5.74, 6) is 1.17. The summed E-state index contributed by atoms with van der Waals surface area (Å²) >= 11 is 0. The van der Waals surface area contributed by atoms with Gasteiger partial charge in [-0.25, -0.2) is 0 Å². The number of ether oxygens (including phenoxy) is 1. The molecule has 1 saturated heterocycles. The molecule has 0 N–H and O–H groups in total. The van der Waals surface area contributed by atoms with Crippen molar-refractivity contribution in [3.63, 3.8) is 0 Å². The Labute approximate surface area is 196 Å². The molecule has 3 aromatic rings. The van der Waals surface area contributed by atoms with Gasteiger partial charge in [-0.3, -0.25) is 4.79 Å². The van der Waals surface area contributed by atoms with Crippen molar-refractivity contribution in [2.75, 3.05) is 24.5 Å². The zero-order chi connectivity index (χ0) is 22.5. The van der Waals surface area contributed by atoms with Gasteiger partial charge < -0.3 is 14.5 Å². The summed E-state index contributed by atoms with van der Waals surface area (Å²) in [4.78, 5) is 18.2. The third-order valence-electron chi connectivity index (χ3n) is 6.63. The molecule has 4 heteroatoms. The molecule has 2 aliphatic rings. The van der Waals surface area contributed by atoms with Crippen LogP contribution in [0, 0.1) is 5.92 Å². The first-order valence-electron chi connectivity index (χ1n) is 12.1. The minimum Gasteiger partial charge on any atom is -0.489 e. The molecule has 3 aromatic carbocycles. The number of hydrogen-bond acceptors (Lipinski definition) is 3. The van der Waals surface area contributed by atoms with Crippen molar-refractivity contribution in [1.82, 2.24) is 4.90 Å². The quantitative estimate of drug-likeness (QED) is 0.419. The Hall–Kier alpha value is -3.11. The molecule has 0 aromatic heterocycles. The number of likely N-dealkylation sites (tertiary alicyclic amines) is 1. The van der Waals surface area contributed by atoms with Gasteiger partial charge in [-0.05, 0) is 62.0 Å². The largest absolute Gasteiger partial charge is 0.489 e. The number of carbonyl (C=O) groups is 1. The van der Waals surface area contributed by atoms with Crippen molar-refractivity contribution in [2.45, 2.75) is 38.3 Å². The third kappa shape index (κ3) is 5.45. The van der Waals surface area contributed by atoms with Crippen LogP contribution in [-0.4, -0.2) is 30.4 Å². The lowest BCUT2D eigenvalue weighted by Crippen LogP contribution is -2.42. The van der Waals surface area contributed by atoms with Crippen LogP contribution in [0.15, 0.2) is 84.9 Å². The molecule has 1 aliphatic carbocycles. The van der Waals surface area contributed by atoms with Gasteiger partial charge in [0, 0.05) is 24.2 Å². The number of carbonyl (C=O) groups excluding carboxylic acids is 1. The average molecular weight is 441 g/mol. The standard InChI is InChI=1S/C29H32N2O2/c32-29(25-16-17-25)31(28(21-30-18-7-8-19-30)24-12-5-2-6-13-24)26-14-9-15-27(20-26)33-22-23-10-3-1-4-11-23/h1-6,9-15,20,25,28H,7-8,16-19,21-22H2/t28-/m1/s1. The number of nitrogens with zero attached hydrogens (tertiary/aromatic N) is 2. The van der Waals surface area contributed by atoms with Gasteiger partial charge in [-0.15, -0.1) is 0 Å². The lowest BCUT2D eigenvalue weighted by atomic mass is 10.0. The van der Waals surface area contributed by atoms with Gasteiger partial charge in [-0.2, -0.15) is 0 Å². The van der Waals surface area contributed by atoms with Crippen LogP contribution in [0.3, 0.4) is 0 Å².